The highest BCUT2D eigenvalue weighted by Crippen LogP contribution is 1.98. The summed E-state index contributed by atoms with van der Waals surface area (Å²) in [6, 6.07) is 9.32. The van der Waals surface area contributed by atoms with E-state index in [0.29, 0.717) is 11.6 Å². The third kappa shape index (κ3) is 4.41. The van der Waals surface area contributed by atoms with Crippen molar-refractivity contribution in [3.05, 3.63) is 47.8 Å². The molecule has 4 N–H and O–H groups in total. The minimum atomic E-state index is 0.588. The lowest BCUT2D eigenvalue weighted by molar-refractivity contribution is 1.21. The minimum Gasteiger partial charge on any atom is -0.384 e. The number of aromatic nitrogens is 2. The number of anilines is 2. The van der Waals surface area contributed by atoms with Crippen LogP contribution in [0.4, 0.5) is 11.6 Å². The van der Waals surface area contributed by atoms with Crippen LogP contribution in [0.15, 0.2) is 36.5 Å². The predicted molar refractivity (Wildman–Crippen MR) is 66.8 cm³/mol. The van der Waals surface area contributed by atoms with Gasteiger partial charge in [0.05, 0.1) is 0 Å². The number of rotatable bonds is 0. The van der Waals surface area contributed by atoms with Crippen molar-refractivity contribution in [1.82, 2.24) is 9.97 Å². The fourth-order valence-corrected chi connectivity index (χ4v) is 1.12. The molecule has 0 amide bonds. The summed E-state index contributed by atoms with van der Waals surface area (Å²) in [5, 5.41) is 0. The van der Waals surface area contributed by atoms with Gasteiger partial charge in [0.2, 0.25) is 0 Å². The average Bonchev–Trinajstić information content (AvgIpc) is 2.17. The molecule has 4 nitrogen and oxygen atoms in total. The van der Waals surface area contributed by atoms with Crippen LogP contribution in [0.3, 0.4) is 0 Å². The summed E-state index contributed by atoms with van der Waals surface area (Å²) in [6.45, 7) is 3.90. The molecule has 0 saturated carbocycles. The monoisotopic (exact) mass is 216 g/mol. The molecule has 0 radical (unpaired) electrons. The first-order valence-electron chi connectivity index (χ1n) is 4.95. The van der Waals surface area contributed by atoms with E-state index in [2.05, 4.69) is 9.97 Å². The highest BCUT2D eigenvalue weighted by molar-refractivity contribution is 5.30. The van der Waals surface area contributed by atoms with Gasteiger partial charge in [-0.05, 0) is 43.7 Å². The first kappa shape index (κ1) is 12.0. The number of nitrogens with two attached hydrogens (primary N) is 2. The maximum absolute atomic E-state index is 5.35. The number of hydrogen-bond donors (Lipinski definition) is 2. The molecule has 0 aliphatic carbocycles. The Morgan fingerprint density at radius 3 is 2.12 bits per heavy atom. The lowest BCUT2D eigenvalue weighted by Crippen LogP contribution is -1.89. The van der Waals surface area contributed by atoms with Crippen molar-refractivity contribution in [2.75, 3.05) is 11.5 Å². The van der Waals surface area contributed by atoms with E-state index < -0.39 is 0 Å². The molecule has 16 heavy (non-hydrogen) atoms. The van der Waals surface area contributed by atoms with Gasteiger partial charge in [0.1, 0.15) is 11.6 Å². The first-order valence-corrected chi connectivity index (χ1v) is 4.95. The molecule has 0 fully saturated rings. The van der Waals surface area contributed by atoms with Crippen molar-refractivity contribution in [3.8, 4) is 0 Å². The Kier molecular flexibility index (Phi) is 4.27. The summed E-state index contributed by atoms with van der Waals surface area (Å²) in [5.41, 5.74) is 12.8. The van der Waals surface area contributed by atoms with E-state index in [0.717, 1.165) is 11.3 Å². The predicted octanol–water partition coefficient (Wildman–Crippen LogP) is 1.94. The van der Waals surface area contributed by atoms with Crippen LogP contribution in [0.2, 0.25) is 0 Å². The Hall–Kier alpha value is -2.10. The SMILES string of the molecule is Cc1cccc(N)n1.Cc1ccnc(N)c1. The first-order chi connectivity index (χ1) is 7.58. The third-order valence-electron chi connectivity index (χ3n) is 1.85. The number of pyridine rings is 2. The van der Waals surface area contributed by atoms with E-state index in [1.807, 2.05) is 38.1 Å². The van der Waals surface area contributed by atoms with Crippen LogP contribution in [-0.4, -0.2) is 9.97 Å². The Balaban J connectivity index is 0.000000160. The third-order valence-corrected chi connectivity index (χ3v) is 1.85. The van der Waals surface area contributed by atoms with Gasteiger partial charge < -0.3 is 11.5 Å². The van der Waals surface area contributed by atoms with E-state index in [-0.39, 0.29) is 0 Å². The summed E-state index contributed by atoms with van der Waals surface area (Å²) in [7, 11) is 0. The summed E-state index contributed by atoms with van der Waals surface area (Å²) in [6.07, 6.45) is 1.70. The molecule has 0 saturated heterocycles. The van der Waals surface area contributed by atoms with E-state index in [1.54, 1.807) is 12.3 Å². The average molecular weight is 216 g/mol. The second kappa shape index (κ2) is 5.70. The normalized spacial score (nSPS) is 9.12. The summed E-state index contributed by atoms with van der Waals surface area (Å²) in [4.78, 5) is 7.77. The van der Waals surface area contributed by atoms with E-state index in [4.69, 9.17) is 11.5 Å². The Morgan fingerprint density at radius 2 is 1.75 bits per heavy atom. The minimum absolute atomic E-state index is 0.588. The zero-order chi connectivity index (χ0) is 12.0. The topological polar surface area (TPSA) is 77.8 Å². The molecule has 0 aliphatic rings. The number of nitrogens with zero attached hydrogens (tertiary/aromatic N) is 2. The summed E-state index contributed by atoms with van der Waals surface area (Å²) >= 11 is 0. The fourth-order valence-electron chi connectivity index (χ4n) is 1.12. The van der Waals surface area contributed by atoms with Crippen molar-refractivity contribution in [3.63, 3.8) is 0 Å². The highest BCUT2D eigenvalue weighted by Gasteiger charge is 1.83. The van der Waals surface area contributed by atoms with E-state index in [9.17, 15) is 0 Å². The smallest absolute Gasteiger partial charge is 0.123 e. The maximum Gasteiger partial charge on any atom is 0.123 e. The van der Waals surface area contributed by atoms with Gasteiger partial charge in [-0.15, -0.1) is 0 Å². The number of nitrogen functional groups attached to an aromatic ring is 2. The van der Waals surface area contributed by atoms with Gasteiger partial charge >= 0.3 is 0 Å². The van der Waals surface area contributed by atoms with Gasteiger partial charge in [0, 0.05) is 11.9 Å². The molecule has 4 heteroatoms. The van der Waals surface area contributed by atoms with Crippen molar-refractivity contribution < 1.29 is 0 Å². The Morgan fingerprint density at radius 1 is 1.00 bits per heavy atom. The van der Waals surface area contributed by atoms with Crippen LogP contribution in [-0.2, 0) is 0 Å². The molecule has 0 atom stereocenters. The molecule has 2 heterocycles. The summed E-state index contributed by atoms with van der Waals surface area (Å²) in [5.74, 6) is 1.18. The molecule has 2 rings (SSSR count). The lowest BCUT2D eigenvalue weighted by atomic mass is 10.3. The quantitative estimate of drug-likeness (QED) is 0.705. The largest absolute Gasteiger partial charge is 0.384 e. The highest BCUT2D eigenvalue weighted by atomic mass is 14.8. The van der Waals surface area contributed by atoms with Crippen molar-refractivity contribution in [2.45, 2.75) is 13.8 Å². The molecule has 0 aromatic carbocycles. The fraction of sp³-hybridized carbons (Fsp3) is 0.167. The van der Waals surface area contributed by atoms with Gasteiger partial charge in [-0.1, -0.05) is 6.07 Å². The molecule has 0 aliphatic heterocycles. The lowest BCUT2D eigenvalue weighted by Gasteiger charge is -1.90. The number of aryl methyl sites for hydroxylation is 2. The maximum atomic E-state index is 5.35. The molecule has 2 aromatic rings. The van der Waals surface area contributed by atoms with Crippen molar-refractivity contribution >= 4 is 11.6 Å². The molecule has 0 spiro atoms. The van der Waals surface area contributed by atoms with Gasteiger partial charge in [-0.25, -0.2) is 9.97 Å². The standard InChI is InChI=1S/2C6H8N2/c1-5-2-3-8-6(7)4-5;1-5-3-2-4-6(7)8-5/h2*2-4H,1H3,(H2,7,8). The van der Waals surface area contributed by atoms with Crippen LogP contribution in [0, 0.1) is 13.8 Å². The molecule has 0 unspecified atom stereocenters. The molecule has 0 bridgehead atoms. The second-order valence-electron chi connectivity index (χ2n) is 3.46. The van der Waals surface area contributed by atoms with Crippen molar-refractivity contribution in [2.24, 2.45) is 0 Å². The van der Waals surface area contributed by atoms with Gasteiger partial charge in [0.15, 0.2) is 0 Å². The van der Waals surface area contributed by atoms with Crippen LogP contribution in [0.1, 0.15) is 11.3 Å². The van der Waals surface area contributed by atoms with Crippen LogP contribution < -0.4 is 11.5 Å². The van der Waals surface area contributed by atoms with Gasteiger partial charge in [-0.2, -0.15) is 0 Å². The second-order valence-corrected chi connectivity index (χ2v) is 3.46. The van der Waals surface area contributed by atoms with Crippen LogP contribution in [0.25, 0.3) is 0 Å². The van der Waals surface area contributed by atoms with E-state index in [1.165, 1.54) is 0 Å². The molecule has 2 aromatic heterocycles. The van der Waals surface area contributed by atoms with Crippen molar-refractivity contribution in [1.29, 1.82) is 0 Å². The van der Waals surface area contributed by atoms with Crippen LogP contribution in [0.5, 0.6) is 0 Å². The molecular weight excluding hydrogens is 200 g/mol. The van der Waals surface area contributed by atoms with Gasteiger partial charge in [-0.3, -0.25) is 0 Å². The van der Waals surface area contributed by atoms with E-state index >= 15 is 0 Å². The Labute approximate surface area is 95.3 Å². The summed E-state index contributed by atoms with van der Waals surface area (Å²) < 4.78 is 0. The number of hydrogen-bond acceptors (Lipinski definition) is 4. The Bertz CT molecular complexity index is 376. The van der Waals surface area contributed by atoms with Gasteiger partial charge in [0.25, 0.3) is 0 Å². The molecular formula is C12H16N4. The zero-order valence-corrected chi connectivity index (χ0v) is 9.51. The van der Waals surface area contributed by atoms with Crippen LogP contribution >= 0.6 is 0 Å². The molecule has 84 valence electrons. The zero-order valence-electron chi connectivity index (χ0n) is 9.51.